The van der Waals surface area contributed by atoms with Crippen LogP contribution in [0.25, 0.3) is 0 Å². The summed E-state index contributed by atoms with van der Waals surface area (Å²) in [6, 6.07) is 2.97. The summed E-state index contributed by atoms with van der Waals surface area (Å²) in [6.07, 6.45) is 3.03. The normalized spacial score (nSPS) is 11.5. The summed E-state index contributed by atoms with van der Waals surface area (Å²) < 4.78 is 28.2. The van der Waals surface area contributed by atoms with E-state index in [-0.39, 0.29) is 28.7 Å². The molecule has 0 radical (unpaired) electrons. The molecule has 10 heteroatoms. The Morgan fingerprint density at radius 3 is 2.81 bits per heavy atom. The Bertz CT molecular complexity index is 785. The van der Waals surface area contributed by atoms with Gasteiger partial charge in [-0.3, -0.25) is 4.79 Å². The number of hydrogen-bond donors (Lipinski definition) is 2. The number of sulfonamides is 1. The number of halogens is 1. The van der Waals surface area contributed by atoms with E-state index in [0.717, 1.165) is 11.3 Å². The van der Waals surface area contributed by atoms with Gasteiger partial charge in [0.1, 0.15) is 4.21 Å². The number of hydrogen-bond acceptors (Lipinski definition) is 6. The minimum atomic E-state index is -3.57. The fraction of sp³-hybridized carbons (Fsp3) is 0.273. The Labute approximate surface area is 130 Å². The number of nitrogens with one attached hydrogen (secondary N) is 2. The third-order valence-corrected chi connectivity index (χ3v) is 5.72. The van der Waals surface area contributed by atoms with Crippen molar-refractivity contribution in [3.63, 3.8) is 0 Å². The van der Waals surface area contributed by atoms with Crippen molar-refractivity contribution in [3.8, 4) is 0 Å². The molecule has 2 heterocycles. The van der Waals surface area contributed by atoms with Gasteiger partial charge in [0.2, 0.25) is 10.0 Å². The Morgan fingerprint density at radius 2 is 2.14 bits per heavy atom. The molecule has 7 nitrogen and oxygen atoms in total. The lowest BCUT2D eigenvalue weighted by molar-refractivity contribution is 0.585. The van der Waals surface area contributed by atoms with Crippen LogP contribution in [0.1, 0.15) is 0 Å². The van der Waals surface area contributed by atoms with Gasteiger partial charge in [-0.05, 0) is 12.1 Å². The fourth-order valence-electron chi connectivity index (χ4n) is 1.50. The number of aromatic nitrogens is 2. The molecule has 0 aliphatic heterocycles. The van der Waals surface area contributed by atoms with Crippen LogP contribution in [-0.2, 0) is 17.1 Å². The van der Waals surface area contributed by atoms with Gasteiger partial charge in [-0.25, -0.2) is 18.1 Å². The van der Waals surface area contributed by atoms with E-state index in [9.17, 15) is 13.2 Å². The van der Waals surface area contributed by atoms with Crippen LogP contribution in [0.2, 0.25) is 4.34 Å². The molecular weight excluding hydrogens is 336 g/mol. The van der Waals surface area contributed by atoms with Crippen LogP contribution in [0.15, 0.2) is 33.5 Å². The van der Waals surface area contributed by atoms with Crippen molar-refractivity contribution in [1.82, 2.24) is 14.3 Å². The molecule has 2 aromatic heterocycles. The number of anilines is 1. The van der Waals surface area contributed by atoms with Gasteiger partial charge in [-0.1, -0.05) is 11.6 Å². The highest BCUT2D eigenvalue weighted by atomic mass is 35.5. The lowest BCUT2D eigenvalue weighted by atomic mass is 10.5. The van der Waals surface area contributed by atoms with E-state index in [1.807, 2.05) is 0 Å². The van der Waals surface area contributed by atoms with Crippen LogP contribution < -0.4 is 15.6 Å². The van der Waals surface area contributed by atoms with Crippen LogP contribution >= 0.6 is 22.9 Å². The fourth-order valence-corrected chi connectivity index (χ4v) is 4.06. The molecule has 0 saturated heterocycles. The first-order chi connectivity index (χ1) is 9.90. The van der Waals surface area contributed by atoms with Gasteiger partial charge in [0.15, 0.2) is 5.82 Å². The summed E-state index contributed by atoms with van der Waals surface area (Å²) >= 11 is 6.69. The molecule has 21 heavy (non-hydrogen) atoms. The average Bonchev–Trinajstić information content (AvgIpc) is 2.87. The van der Waals surface area contributed by atoms with E-state index in [1.165, 1.54) is 29.1 Å². The minimum Gasteiger partial charge on any atom is -0.364 e. The van der Waals surface area contributed by atoms with Crippen molar-refractivity contribution in [3.05, 3.63) is 39.2 Å². The van der Waals surface area contributed by atoms with Gasteiger partial charge < -0.3 is 9.88 Å². The number of rotatable bonds is 6. The van der Waals surface area contributed by atoms with Crippen molar-refractivity contribution in [2.24, 2.45) is 7.05 Å². The average molecular weight is 349 g/mol. The van der Waals surface area contributed by atoms with Crippen LogP contribution in [0, 0.1) is 0 Å². The Kier molecular flexibility index (Phi) is 4.99. The molecule has 2 N–H and O–H groups in total. The number of thiophene rings is 1. The molecule has 0 bridgehead atoms. The molecule has 0 atom stereocenters. The number of nitrogens with zero attached hydrogens (tertiary/aromatic N) is 2. The van der Waals surface area contributed by atoms with Crippen molar-refractivity contribution < 1.29 is 8.42 Å². The van der Waals surface area contributed by atoms with E-state index in [0.29, 0.717) is 4.34 Å². The van der Waals surface area contributed by atoms with E-state index < -0.39 is 10.0 Å². The monoisotopic (exact) mass is 348 g/mol. The SMILES string of the molecule is Cn1ccnc(NCCNS(=O)(=O)c2ccc(Cl)s2)c1=O. The standard InChI is InChI=1S/C11H13ClN4O3S2/c1-16-7-6-14-10(11(16)17)13-4-5-15-21(18,19)9-3-2-8(12)20-9/h2-3,6-7,15H,4-5H2,1H3,(H,13,14). The topological polar surface area (TPSA) is 93.1 Å². The van der Waals surface area contributed by atoms with Gasteiger partial charge in [-0.15, -0.1) is 11.3 Å². The van der Waals surface area contributed by atoms with Crippen LogP contribution in [0.4, 0.5) is 5.82 Å². The van der Waals surface area contributed by atoms with E-state index >= 15 is 0 Å². The molecule has 0 aliphatic rings. The molecular formula is C11H13ClN4O3S2. The van der Waals surface area contributed by atoms with Crippen LogP contribution in [0.5, 0.6) is 0 Å². The summed E-state index contributed by atoms with van der Waals surface area (Å²) in [6.45, 7) is 0.363. The maximum atomic E-state index is 11.9. The van der Waals surface area contributed by atoms with E-state index in [1.54, 1.807) is 7.05 Å². The molecule has 114 valence electrons. The van der Waals surface area contributed by atoms with Crippen molar-refractivity contribution >= 4 is 38.8 Å². The van der Waals surface area contributed by atoms with Crippen molar-refractivity contribution in [2.75, 3.05) is 18.4 Å². The smallest absolute Gasteiger partial charge is 0.293 e. The molecule has 2 aromatic rings. The van der Waals surface area contributed by atoms with Gasteiger partial charge in [0.25, 0.3) is 5.56 Å². The van der Waals surface area contributed by atoms with Gasteiger partial charge in [0.05, 0.1) is 4.34 Å². The maximum absolute atomic E-state index is 11.9. The lowest BCUT2D eigenvalue weighted by Gasteiger charge is -2.07. The van der Waals surface area contributed by atoms with E-state index in [2.05, 4.69) is 15.0 Å². The summed E-state index contributed by atoms with van der Waals surface area (Å²) in [5.41, 5.74) is -0.273. The Morgan fingerprint density at radius 1 is 1.38 bits per heavy atom. The largest absolute Gasteiger partial charge is 0.364 e. The zero-order chi connectivity index (χ0) is 15.5. The van der Waals surface area contributed by atoms with E-state index in [4.69, 9.17) is 11.6 Å². The molecule has 0 saturated carbocycles. The van der Waals surface area contributed by atoms with Gasteiger partial charge >= 0.3 is 0 Å². The quantitative estimate of drug-likeness (QED) is 0.756. The second-order valence-electron chi connectivity index (χ2n) is 4.08. The molecule has 2 rings (SSSR count). The highest BCUT2D eigenvalue weighted by Crippen LogP contribution is 2.25. The summed E-state index contributed by atoms with van der Waals surface area (Å²) in [7, 11) is -1.96. The molecule has 0 spiro atoms. The second-order valence-corrected chi connectivity index (χ2v) is 7.78. The first-order valence-electron chi connectivity index (χ1n) is 5.90. The first kappa shape index (κ1) is 16.0. The Hall–Kier alpha value is -1.42. The Balaban J connectivity index is 1.90. The third kappa shape index (κ3) is 4.03. The first-order valence-corrected chi connectivity index (χ1v) is 8.58. The zero-order valence-corrected chi connectivity index (χ0v) is 13.4. The predicted octanol–water partition coefficient (Wildman–Crippen LogP) is 0.886. The summed E-state index contributed by atoms with van der Waals surface area (Å²) in [4.78, 5) is 15.6. The number of aryl methyl sites for hydroxylation is 1. The molecule has 0 fully saturated rings. The lowest BCUT2D eigenvalue weighted by Crippen LogP contribution is -2.30. The third-order valence-electron chi connectivity index (χ3n) is 2.54. The molecule has 0 aliphatic carbocycles. The maximum Gasteiger partial charge on any atom is 0.293 e. The summed E-state index contributed by atoms with van der Waals surface area (Å²) in [5.74, 6) is 0.179. The highest BCUT2D eigenvalue weighted by molar-refractivity contribution is 7.91. The van der Waals surface area contributed by atoms with Gasteiger partial charge in [-0.2, -0.15) is 0 Å². The minimum absolute atomic E-state index is 0.123. The molecule has 0 aromatic carbocycles. The van der Waals surface area contributed by atoms with Crippen molar-refractivity contribution in [1.29, 1.82) is 0 Å². The van der Waals surface area contributed by atoms with Gasteiger partial charge in [0, 0.05) is 32.5 Å². The predicted molar refractivity (Wildman–Crippen MR) is 82.5 cm³/mol. The highest BCUT2D eigenvalue weighted by Gasteiger charge is 2.15. The van der Waals surface area contributed by atoms with Crippen LogP contribution in [-0.4, -0.2) is 31.1 Å². The molecule has 0 unspecified atom stereocenters. The zero-order valence-electron chi connectivity index (χ0n) is 11.0. The van der Waals surface area contributed by atoms with Crippen LogP contribution in [0.3, 0.4) is 0 Å². The van der Waals surface area contributed by atoms with Crippen molar-refractivity contribution in [2.45, 2.75) is 4.21 Å². The summed E-state index contributed by atoms with van der Waals surface area (Å²) in [5, 5.41) is 2.79. The molecule has 0 amide bonds. The second kappa shape index (κ2) is 6.56.